The summed E-state index contributed by atoms with van der Waals surface area (Å²) in [6, 6.07) is 8.36. The minimum atomic E-state index is -0.560. The maximum Gasteiger partial charge on any atom is 0.384 e. The van der Waals surface area contributed by atoms with Crippen LogP contribution in [0.25, 0.3) is 0 Å². The van der Waals surface area contributed by atoms with Crippen molar-refractivity contribution in [2.24, 2.45) is 5.41 Å². The maximum absolute atomic E-state index is 12.2. The van der Waals surface area contributed by atoms with Crippen LogP contribution in [0.5, 0.6) is 5.75 Å². The van der Waals surface area contributed by atoms with E-state index in [0.717, 1.165) is 5.75 Å². The van der Waals surface area contributed by atoms with Gasteiger partial charge in [-0.05, 0) is 43.4 Å². The lowest BCUT2D eigenvalue weighted by Gasteiger charge is -2.36. The Labute approximate surface area is 179 Å². The van der Waals surface area contributed by atoms with E-state index >= 15 is 0 Å². The molecule has 1 saturated carbocycles. The summed E-state index contributed by atoms with van der Waals surface area (Å²) in [5.41, 5.74) is 1.00. The topological polar surface area (TPSA) is 53.4 Å². The van der Waals surface area contributed by atoms with Gasteiger partial charge in [-0.15, -0.1) is 0 Å². The number of rotatable bonds is 6. The van der Waals surface area contributed by atoms with Crippen LogP contribution >= 0.6 is 0 Å². The fraction of sp³-hybridized carbons (Fsp3) is 0.520. The highest BCUT2D eigenvalue weighted by atomic mass is 16.6. The van der Waals surface area contributed by atoms with Crippen molar-refractivity contribution >= 4 is 5.97 Å². The Kier molecular flexibility index (Phi) is 7.20. The van der Waals surface area contributed by atoms with E-state index in [1.54, 1.807) is 19.4 Å². The predicted octanol–water partition coefficient (Wildman–Crippen LogP) is 5.49. The molecule has 30 heavy (non-hydrogen) atoms. The summed E-state index contributed by atoms with van der Waals surface area (Å²) in [6.07, 6.45) is 10.6. The van der Waals surface area contributed by atoms with Crippen LogP contribution in [0, 0.1) is 17.3 Å². The third-order valence-corrected chi connectivity index (χ3v) is 5.61. The molecular formula is C25H32N2O3. The van der Waals surface area contributed by atoms with Gasteiger partial charge < -0.3 is 9.47 Å². The van der Waals surface area contributed by atoms with E-state index in [1.165, 1.54) is 37.7 Å². The van der Waals surface area contributed by atoms with E-state index in [9.17, 15) is 4.79 Å². The van der Waals surface area contributed by atoms with Gasteiger partial charge in [-0.3, -0.25) is 4.57 Å². The summed E-state index contributed by atoms with van der Waals surface area (Å²) in [6.45, 7) is 7.67. The molecule has 0 aliphatic heterocycles. The molecule has 5 heteroatoms. The maximum atomic E-state index is 12.2. The molecule has 0 N–H and O–H groups in total. The molecule has 1 aromatic carbocycles. The number of hydrogen-bond acceptors (Lipinski definition) is 4. The molecule has 0 spiro atoms. The summed E-state index contributed by atoms with van der Waals surface area (Å²) >= 11 is 0. The Morgan fingerprint density at radius 1 is 1.17 bits per heavy atom. The Bertz CT molecular complexity index is 864. The molecule has 0 saturated heterocycles. The number of carbonyl (C=O) groups excluding carboxylic acids is 1. The first-order chi connectivity index (χ1) is 14.4. The molecule has 5 nitrogen and oxygen atoms in total. The van der Waals surface area contributed by atoms with E-state index in [2.05, 4.69) is 29.0 Å². The van der Waals surface area contributed by atoms with Crippen molar-refractivity contribution in [3.63, 3.8) is 0 Å². The first-order valence-electron chi connectivity index (χ1n) is 10.8. The number of imidazole rings is 1. The summed E-state index contributed by atoms with van der Waals surface area (Å²) in [4.78, 5) is 16.3. The normalized spacial score (nSPS) is 16.8. The lowest BCUT2D eigenvalue weighted by atomic mass is 9.84. The first kappa shape index (κ1) is 22.0. The molecule has 0 amide bonds. The SMILES string of the molecule is CC#CC(=O)OC(C(Oc1ccc(C2CCCCC2)cc1)n1ccnc1)C(C)(C)C. The third-order valence-electron chi connectivity index (χ3n) is 5.61. The largest absolute Gasteiger partial charge is 0.466 e. The van der Waals surface area contributed by atoms with Gasteiger partial charge in [-0.1, -0.05) is 58.1 Å². The van der Waals surface area contributed by atoms with Crippen LogP contribution in [0.3, 0.4) is 0 Å². The summed E-state index contributed by atoms with van der Waals surface area (Å²) in [5.74, 6) is 5.89. The van der Waals surface area contributed by atoms with Crippen LogP contribution in [0.15, 0.2) is 43.0 Å². The highest BCUT2D eigenvalue weighted by Crippen LogP contribution is 2.36. The van der Waals surface area contributed by atoms with Gasteiger partial charge in [0.2, 0.25) is 6.23 Å². The number of esters is 1. The Balaban J connectivity index is 1.84. The number of nitrogens with zero attached hydrogens (tertiary/aromatic N) is 2. The third kappa shape index (κ3) is 5.66. The van der Waals surface area contributed by atoms with Gasteiger partial charge in [0.1, 0.15) is 5.75 Å². The summed E-state index contributed by atoms with van der Waals surface area (Å²) in [5, 5.41) is 0. The van der Waals surface area contributed by atoms with Crippen molar-refractivity contribution in [3.05, 3.63) is 48.5 Å². The second-order valence-corrected chi connectivity index (χ2v) is 8.99. The number of hydrogen-bond donors (Lipinski definition) is 0. The van der Waals surface area contributed by atoms with Crippen LogP contribution in [0.4, 0.5) is 0 Å². The molecule has 1 aliphatic carbocycles. The van der Waals surface area contributed by atoms with E-state index < -0.39 is 18.3 Å². The molecule has 0 radical (unpaired) electrons. The molecule has 2 atom stereocenters. The highest BCUT2D eigenvalue weighted by molar-refractivity contribution is 5.88. The lowest BCUT2D eigenvalue weighted by Crippen LogP contribution is -2.41. The quantitative estimate of drug-likeness (QED) is 0.360. The molecule has 1 aliphatic rings. The molecule has 0 bridgehead atoms. The number of ether oxygens (including phenoxy) is 2. The van der Waals surface area contributed by atoms with Crippen LogP contribution < -0.4 is 4.74 Å². The van der Waals surface area contributed by atoms with Gasteiger partial charge in [0.15, 0.2) is 6.10 Å². The molecule has 3 rings (SSSR count). The molecule has 1 fully saturated rings. The van der Waals surface area contributed by atoms with Crippen LogP contribution in [-0.2, 0) is 9.53 Å². The predicted molar refractivity (Wildman–Crippen MR) is 117 cm³/mol. The Hall–Kier alpha value is -2.74. The molecule has 160 valence electrons. The molecule has 2 aromatic rings. The minimum absolute atomic E-state index is 0.373. The van der Waals surface area contributed by atoms with Crippen molar-refractivity contribution in [2.45, 2.75) is 78.0 Å². The van der Waals surface area contributed by atoms with E-state index in [1.807, 2.05) is 43.7 Å². The van der Waals surface area contributed by atoms with Crippen LogP contribution in [0.2, 0.25) is 0 Å². The molecule has 1 heterocycles. The minimum Gasteiger partial charge on any atom is -0.466 e. The number of carbonyl (C=O) groups is 1. The van der Waals surface area contributed by atoms with Gasteiger partial charge >= 0.3 is 5.97 Å². The number of aromatic nitrogens is 2. The second kappa shape index (κ2) is 9.84. The standard InChI is InChI=1S/C25H32N2O3/c1-5-9-22(28)30-23(25(2,3)4)24(27-17-16-26-18-27)29-21-14-12-20(13-15-21)19-10-7-6-8-11-19/h12-19,23-24H,6-8,10-11H2,1-4H3. The van der Waals surface area contributed by atoms with Crippen LogP contribution in [-0.4, -0.2) is 21.6 Å². The number of benzene rings is 1. The fourth-order valence-electron chi connectivity index (χ4n) is 4.00. The van der Waals surface area contributed by atoms with E-state index in [-0.39, 0.29) is 5.41 Å². The zero-order valence-electron chi connectivity index (χ0n) is 18.4. The highest BCUT2D eigenvalue weighted by Gasteiger charge is 2.38. The van der Waals surface area contributed by atoms with Crippen molar-refractivity contribution in [2.75, 3.05) is 0 Å². The van der Waals surface area contributed by atoms with Gasteiger partial charge in [-0.25, -0.2) is 9.78 Å². The van der Waals surface area contributed by atoms with Gasteiger partial charge in [0.05, 0.1) is 6.33 Å². The second-order valence-electron chi connectivity index (χ2n) is 8.99. The Morgan fingerprint density at radius 3 is 2.43 bits per heavy atom. The first-order valence-corrected chi connectivity index (χ1v) is 10.8. The van der Waals surface area contributed by atoms with Gasteiger partial charge in [0, 0.05) is 23.7 Å². The average Bonchev–Trinajstić information content (AvgIpc) is 3.26. The summed E-state index contributed by atoms with van der Waals surface area (Å²) < 4.78 is 13.9. The van der Waals surface area contributed by atoms with Crippen LogP contribution in [0.1, 0.15) is 77.5 Å². The van der Waals surface area contributed by atoms with E-state index in [0.29, 0.717) is 5.92 Å². The zero-order valence-corrected chi connectivity index (χ0v) is 18.4. The smallest absolute Gasteiger partial charge is 0.384 e. The van der Waals surface area contributed by atoms with Crippen molar-refractivity contribution in [3.8, 4) is 17.6 Å². The zero-order chi connectivity index (χ0) is 21.6. The fourth-order valence-corrected chi connectivity index (χ4v) is 4.00. The van der Waals surface area contributed by atoms with Crippen molar-refractivity contribution in [1.82, 2.24) is 9.55 Å². The van der Waals surface area contributed by atoms with Crippen molar-refractivity contribution in [1.29, 1.82) is 0 Å². The lowest BCUT2D eigenvalue weighted by molar-refractivity contribution is -0.161. The van der Waals surface area contributed by atoms with E-state index in [4.69, 9.17) is 9.47 Å². The van der Waals surface area contributed by atoms with Gasteiger partial charge in [0.25, 0.3) is 0 Å². The monoisotopic (exact) mass is 408 g/mol. The molecular weight excluding hydrogens is 376 g/mol. The Morgan fingerprint density at radius 2 is 1.87 bits per heavy atom. The molecule has 1 aromatic heterocycles. The average molecular weight is 409 g/mol. The van der Waals surface area contributed by atoms with Gasteiger partial charge in [-0.2, -0.15) is 0 Å². The molecule has 2 unspecified atom stereocenters. The summed E-state index contributed by atoms with van der Waals surface area (Å²) in [7, 11) is 0. The van der Waals surface area contributed by atoms with Crippen molar-refractivity contribution < 1.29 is 14.3 Å².